The van der Waals surface area contributed by atoms with Crippen LogP contribution in [0.1, 0.15) is 30.5 Å². The summed E-state index contributed by atoms with van der Waals surface area (Å²) in [5.74, 6) is 0.905. The standard InChI is InChI=1S/C18H21NOS/c1-14-8-10-16(11-9-14)15(2)19-18(20)12-13-21-17-6-4-3-5-7-17/h3-11,15H,12-13H2,1-2H3,(H,19,20). The van der Waals surface area contributed by atoms with E-state index in [1.54, 1.807) is 11.8 Å². The fourth-order valence-electron chi connectivity index (χ4n) is 2.03. The maximum absolute atomic E-state index is 12.0. The number of hydrogen-bond acceptors (Lipinski definition) is 2. The summed E-state index contributed by atoms with van der Waals surface area (Å²) in [4.78, 5) is 13.2. The molecule has 0 fully saturated rings. The molecule has 1 N–H and O–H groups in total. The van der Waals surface area contributed by atoms with E-state index in [1.807, 2.05) is 25.1 Å². The molecule has 2 nitrogen and oxygen atoms in total. The van der Waals surface area contributed by atoms with Crippen molar-refractivity contribution in [3.8, 4) is 0 Å². The summed E-state index contributed by atoms with van der Waals surface area (Å²) in [7, 11) is 0. The molecule has 0 aliphatic carbocycles. The highest BCUT2D eigenvalue weighted by Crippen LogP contribution is 2.18. The summed E-state index contributed by atoms with van der Waals surface area (Å²) >= 11 is 1.71. The average molecular weight is 299 g/mol. The van der Waals surface area contributed by atoms with E-state index in [1.165, 1.54) is 10.5 Å². The topological polar surface area (TPSA) is 29.1 Å². The number of aryl methyl sites for hydroxylation is 1. The fraction of sp³-hybridized carbons (Fsp3) is 0.278. The van der Waals surface area contributed by atoms with Gasteiger partial charge in [-0.25, -0.2) is 0 Å². The van der Waals surface area contributed by atoms with Crippen LogP contribution in [0.2, 0.25) is 0 Å². The van der Waals surface area contributed by atoms with Gasteiger partial charge in [-0.1, -0.05) is 48.0 Å². The molecule has 2 aromatic rings. The van der Waals surface area contributed by atoms with Crippen molar-refractivity contribution in [2.75, 3.05) is 5.75 Å². The van der Waals surface area contributed by atoms with E-state index in [2.05, 4.69) is 48.6 Å². The van der Waals surface area contributed by atoms with Gasteiger partial charge in [0.15, 0.2) is 0 Å². The first-order valence-corrected chi connectivity index (χ1v) is 8.17. The van der Waals surface area contributed by atoms with Gasteiger partial charge in [-0.15, -0.1) is 11.8 Å². The minimum Gasteiger partial charge on any atom is -0.350 e. The molecule has 0 spiro atoms. The Morgan fingerprint density at radius 3 is 2.43 bits per heavy atom. The SMILES string of the molecule is Cc1ccc(C(C)NC(=O)CCSc2ccccc2)cc1. The lowest BCUT2D eigenvalue weighted by Gasteiger charge is -2.14. The summed E-state index contributed by atoms with van der Waals surface area (Å²) in [6.07, 6.45) is 0.537. The smallest absolute Gasteiger partial charge is 0.221 e. The molecule has 1 atom stereocenters. The molecule has 0 aliphatic rings. The minimum absolute atomic E-state index is 0.0554. The normalized spacial score (nSPS) is 11.9. The predicted molar refractivity (Wildman–Crippen MR) is 89.5 cm³/mol. The second-order valence-corrected chi connectivity index (χ2v) is 6.28. The summed E-state index contributed by atoms with van der Waals surface area (Å²) < 4.78 is 0. The van der Waals surface area contributed by atoms with Crippen molar-refractivity contribution in [1.82, 2.24) is 5.32 Å². The van der Waals surface area contributed by atoms with Gasteiger partial charge in [0.05, 0.1) is 6.04 Å². The molecule has 0 radical (unpaired) electrons. The zero-order valence-corrected chi connectivity index (χ0v) is 13.3. The lowest BCUT2D eigenvalue weighted by atomic mass is 10.1. The van der Waals surface area contributed by atoms with Gasteiger partial charge in [0.1, 0.15) is 0 Å². The van der Waals surface area contributed by atoms with E-state index < -0.39 is 0 Å². The lowest BCUT2D eigenvalue weighted by molar-refractivity contribution is -0.121. The fourth-order valence-corrected chi connectivity index (χ4v) is 2.90. The number of rotatable bonds is 6. The number of benzene rings is 2. The second kappa shape index (κ2) is 7.89. The van der Waals surface area contributed by atoms with Gasteiger partial charge in [-0.05, 0) is 31.5 Å². The Labute approximate surface area is 131 Å². The van der Waals surface area contributed by atoms with E-state index in [0.29, 0.717) is 6.42 Å². The van der Waals surface area contributed by atoms with Gasteiger partial charge in [0.25, 0.3) is 0 Å². The number of amides is 1. The largest absolute Gasteiger partial charge is 0.350 e. The molecule has 21 heavy (non-hydrogen) atoms. The zero-order valence-electron chi connectivity index (χ0n) is 12.5. The summed E-state index contributed by atoms with van der Waals surface area (Å²) in [5.41, 5.74) is 2.38. The van der Waals surface area contributed by atoms with Crippen molar-refractivity contribution < 1.29 is 4.79 Å². The van der Waals surface area contributed by atoms with Crippen LogP contribution in [-0.2, 0) is 4.79 Å². The lowest BCUT2D eigenvalue weighted by Crippen LogP contribution is -2.26. The Morgan fingerprint density at radius 2 is 1.76 bits per heavy atom. The molecule has 1 amide bonds. The number of carbonyl (C=O) groups excluding carboxylic acids is 1. The van der Waals surface area contributed by atoms with Crippen LogP contribution in [0, 0.1) is 6.92 Å². The quantitative estimate of drug-likeness (QED) is 0.803. The highest BCUT2D eigenvalue weighted by molar-refractivity contribution is 7.99. The van der Waals surface area contributed by atoms with E-state index in [-0.39, 0.29) is 11.9 Å². The maximum Gasteiger partial charge on any atom is 0.221 e. The summed E-state index contributed by atoms with van der Waals surface area (Å²) in [5, 5.41) is 3.05. The van der Waals surface area contributed by atoms with Crippen molar-refractivity contribution >= 4 is 17.7 Å². The molecular formula is C18H21NOS. The molecule has 2 rings (SSSR count). The molecule has 0 bridgehead atoms. The van der Waals surface area contributed by atoms with Crippen LogP contribution in [-0.4, -0.2) is 11.7 Å². The van der Waals surface area contributed by atoms with E-state index in [0.717, 1.165) is 11.3 Å². The van der Waals surface area contributed by atoms with Crippen LogP contribution in [0.3, 0.4) is 0 Å². The van der Waals surface area contributed by atoms with Crippen LogP contribution in [0.4, 0.5) is 0 Å². The average Bonchev–Trinajstić information content (AvgIpc) is 2.49. The molecule has 1 unspecified atom stereocenters. The van der Waals surface area contributed by atoms with Gasteiger partial charge in [0.2, 0.25) is 5.91 Å². The van der Waals surface area contributed by atoms with E-state index in [4.69, 9.17) is 0 Å². The highest BCUT2D eigenvalue weighted by Gasteiger charge is 2.09. The molecule has 0 aliphatic heterocycles. The third kappa shape index (κ3) is 5.27. The highest BCUT2D eigenvalue weighted by atomic mass is 32.2. The molecule has 0 aromatic heterocycles. The van der Waals surface area contributed by atoms with Crippen molar-refractivity contribution in [1.29, 1.82) is 0 Å². The van der Waals surface area contributed by atoms with Gasteiger partial charge < -0.3 is 5.32 Å². The van der Waals surface area contributed by atoms with Crippen LogP contribution < -0.4 is 5.32 Å². The van der Waals surface area contributed by atoms with Crippen molar-refractivity contribution in [3.63, 3.8) is 0 Å². The van der Waals surface area contributed by atoms with E-state index in [9.17, 15) is 4.79 Å². The van der Waals surface area contributed by atoms with Gasteiger partial charge >= 0.3 is 0 Å². The second-order valence-electron chi connectivity index (χ2n) is 5.11. The molecule has 2 aromatic carbocycles. The van der Waals surface area contributed by atoms with Crippen molar-refractivity contribution in [3.05, 3.63) is 65.7 Å². The zero-order chi connectivity index (χ0) is 15.1. The van der Waals surface area contributed by atoms with Crippen LogP contribution >= 0.6 is 11.8 Å². The molecular weight excluding hydrogens is 278 g/mol. The molecule has 0 saturated heterocycles. The van der Waals surface area contributed by atoms with Crippen molar-refractivity contribution in [2.45, 2.75) is 31.2 Å². The van der Waals surface area contributed by atoms with Gasteiger partial charge in [-0.2, -0.15) is 0 Å². The Hall–Kier alpha value is -1.74. The summed E-state index contributed by atoms with van der Waals surface area (Å²) in [6, 6.07) is 18.5. The predicted octanol–water partition coefficient (Wildman–Crippen LogP) is 4.35. The Bertz CT molecular complexity index is 566. The number of thioether (sulfide) groups is 1. The maximum atomic E-state index is 12.0. The van der Waals surface area contributed by atoms with Crippen LogP contribution in [0.5, 0.6) is 0 Å². The molecule has 0 saturated carbocycles. The Balaban J connectivity index is 1.75. The first-order chi connectivity index (χ1) is 10.1. The van der Waals surface area contributed by atoms with Gasteiger partial charge in [-0.3, -0.25) is 4.79 Å². The number of carbonyl (C=O) groups is 1. The van der Waals surface area contributed by atoms with Crippen molar-refractivity contribution in [2.24, 2.45) is 0 Å². The van der Waals surface area contributed by atoms with Crippen LogP contribution in [0.25, 0.3) is 0 Å². The number of hydrogen-bond donors (Lipinski definition) is 1. The van der Waals surface area contributed by atoms with Crippen LogP contribution in [0.15, 0.2) is 59.5 Å². The number of nitrogens with one attached hydrogen (secondary N) is 1. The minimum atomic E-state index is 0.0554. The Morgan fingerprint density at radius 1 is 1.10 bits per heavy atom. The van der Waals surface area contributed by atoms with Gasteiger partial charge in [0, 0.05) is 17.1 Å². The monoisotopic (exact) mass is 299 g/mol. The Kier molecular flexibility index (Phi) is 5.88. The molecule has 110 valence electrons. The third-order valence-electron chi connectivity index (χ3n) is 3.30. The molecule has 3 heteroatoms. The first-order valence-electron chi connectivity index (χ1n) is 7.19. The first kappa shape index (κ1) is 15.6. The molecule has 0 heterocycles. The third-order valence-corrected chi connectivity index (χ3v) is 4.31. The van der Waals surface area contributed by atoms with E-state index >= 15 is 0 Å². The summed E-state index contributed by atoms with van der Waals surface area (Å²) in [6.45, 7) is 4.08.